The summed E-state index contributed by atoms with van der Waals surface area (Å²) in [6, 6.07) is 0.201. The van der Waals surface area contributed by atoms with E-state index in [1.54, 1.807) is 4.31 Å². The summed E-state index contributed by atoms with van der Waals surface area (Å²) in [7, 11) is -3.36. The third-order valence-electron chi connectivity index (χ3n) is 4.32. The molecule has 104 valence electrons. The normalized spacial score (nSPS) is 30.9. The molecule has 1 saturated heterocycles. The van der Waals surface area contributed by atoms with Gasteiger partial charge in [-0.3, -0.25) is 0 Å². The molecular formula is C12H22N2O2S2. The monoisotopic (exact) mass is 290 g/mol. The van der Waals surface area contributed by atoms with Crippen LogP contribution in [0.4, 0.5) is 0 Å². The number of hydrogen-bond donors (Lipinski definition) is 1. The second-order valence-electron chi connectivity index (χ2n) is 5.36. The first-order valence-corrected chi connectivity index (χ1v) is 8.69. The van der Waals surface area contributed by atoms with E-state index in [4.69, 9.17) is 18.0 Å². The Hall–Kier alpha value is -0.200. The Morgan fingerprint density at radius 2 is 2.06 bits per heavy atom. The van der Waals surface area contributed by atoms with Crippen molar-refractivity contribution < 1.29 is 8.42 Å². The number of nitrogens with zero attached hydrogens (tertiary/aromatic N) is 1. The van der Waals surface area contributed by atoms with E-state index in [9.17, 15) is 8.42 Å². The van der Waals surface area contributed by atoms with Crippen LogP contribution >= 0.6 is 12.2 Å². The number of rotatable bonds is 4. The van der Waals surface area contributed by atoms with Crippen LogP contribution in [-0.4, -0.2) is 35.5 Å². The van der Waals surface area contributed by atoms with Crippen molar-refractivity contribution in [3.8, 4) is 0 Å². The predicted molar refractivity (Wildman–Crippen MR) is 76.9 cm³/mol. The maximum Gasteiger partial charge on any atom is 0.223 e. The standard InChI is InChI=1S/C12H22N2O2S2/c1-2-11(12(13)17)18(15,16)14-8-4-6-9-5-3-7-10(9)14/h9-11H,2-8H2,1H3,(H2,13,17). The van der Waals surface area contributed by atoms with Gasteiger partial charge in [0.05, 0.1) is 4.99 Å². The lowest BCUT2D eigenvalue weighted by molar-refractivity contribution is 0.201. The second kappa shape index (κ2) is 5.43. The molecule has 18 heavy (non-hydrogen) atoms. The molecule has 2 N–H and O–H groups in total. The van der Waals surface area contributed by atoms with Crippen molar-refractivity contribution >= 4 is 27.2 Å². The highest BCUT2D eigenvalue weighted by atomic mass is 32.2. The number of piperidine rings is 1. The molecule has 2 rings (SSSR count). The first-order chi connectivity index (χ1) is 8.48. The van der Waals surface area contributed by atoms with E-state index in [0.717, 1.165) is 19.3 Å². The van der Waals surface area contributed by atoms with Gasteiger partial charge in [-0.05, 0) is 38.0 Å². The Labute approximate surface area is 115 Å². The van der Waals surface area contributed by atoms with E-state index in [2.05, 4.69) is 0 Å². The summed E-state index contributed by atoms with van der Waals surface area (Å²) >= 11 is 4.93. The van der Waals surface area contributed by atoms with Crippen LogP contribution in [0.25, 0.3) is 0 Å². The Morgan fingerprint density at radius 1 is 1.39 bits per heavy atom. The van der Waals surface area contributed by atoms with E-state index < -0.39 is 15.3 Å². The van der Waals surface area contributed by atoms with E-state index in [1.807, 2.05) is 6.92 Å². The number of hydrogen-bond acceptors (Lipinski definition) is 3. The summed E-state index contributed by atoms with van der Waals surface area (Å²) in [5, 5.41) is -0.688. The quantitative estimate of drug-likeness (QED) is 0.800. The molecule has 0 aromatic carbocycles. The maximum atomic E-state index is 12.7. The number of thiocarbonyl (C=S) groups is 1. The van der Waals surface area contributed by atoms with Crippen molar-refractivity contribution in [2.45, 2.75) is 56.7 Å². The minimum atomic E-state index is -3.36. The van der Waals surface area contributed by atoms with Crippen molar-refractivity contribution in [1.82, 2.24) is 4.31 Å². The van der Waals surface area contributed by atoms with Crippen LogP contribution in [-0.2, 0) is 10.0 Å². The van der Waals surface area contributed by atoms with E-state index in [1.165, 1.54) is 12.8 Å². The lowest BCUT2D eigenvalue weighted by Gasteiger charge is -2.38. The van der Waals surface area contributed by atoms with Gasteiger partial charge in [0.15, 0.2) is 0 Å². The van der Waals surface area contributed by atoms with E-state index in [0.29, 0.717) is 18.9 Å². The number of nitrogens with two attached hydrogens (primary N) is 1. The molecule has 1 heterocycles. The van der Waals surface area contributed by atoms with Gasteiger partial charge >= 0.3 is 0 Å². The molecular weight excluding hydrogens is 268 g/mol. The average Bonchev–Trinajstić information content (AvgIpc) is 2.76. The molecule has 2 aliphatic rings. The lowest BCUT2D eigenvalue weighted by atomic mass is 9.94. The van der Waals surface area contributed by atoms with Crippen LogP contribution in [0.2, 0.25) is 0 Å². The largest absolute Gasteiger partial charge is 0.392 e. The van der Waals surface area contributed by atoms with Gasteiger partial charge in [0.1, 0.15) is 5.25 Å². The van der Waals surface area contributed by atoms with Crippen molar-refractivity contribution in [3.05, 3.63) is 0 Å². The Bertz CT molecular complexity index is 422. The molecule has 0 aromatic heterocycles. The first kappa shape index (κ1) is 14.2. The minimum absolute atomic E-state index is 0.109. The SMILES string of the molecule is CCC(C(N)=S)S(=O)(=O)N1CCCC2CCCC21. The zero-order chi connectivity index (χ0) is 13.3. The fourth-order valence-corrected chi connectivity index (χ4v) is 6.06. The zero-order valence-electron chi connectivity index (χ0n) is 10.8. The highest BCUT2D eigenvalue weighted by Crippen LogP contribution is 2.38. The topological polar surface area (TPSA) is 63.4 Å². The Balaban J connectivity index is 2.25. The first-order valence-electron chi connectivity index (χ1n) is 6.78. The molecule has 4 nitrogen and oxygen atoms in total. The van der Waals surface area contributed by atoms with Gasteiger partial charge in [0, 0.05) is 12.6 Å². The molecule has 3 atom stereocenters. The lowest BCUT2D eigenvalue weighted by Crippen LogP contribution is -2.52. The van der Waals surface area contributed by atoms with Crippen molar-refractivity contribution in [3.63, 3.8) is 0 Å². The summed E-state index contributed by atoms with van der Waals surface area (Å²) in [5.41, 5.74) is 5.60. The Kier molecular flexibility index (Phi) is 4.29. The van der Waals surface area contributed by atoms with Gasteiger partial charge in [0.2, 0.25) is 10.0 Å². The van der Waals surface area contributed by atoms with Gasteiger partial charge in [-0.2, -0.15) is 4.31 Å². The van der Waals surface area contributed by atoms with Crippen LogP contribution in [0.15, 0.2) is 0 Å². The summed E-state index contributed by atoms with van der Waals surface area (Å²) in [6.45, 7) is 2.47. The van der Waals surface area contributed by atoms with E-state index in [-0.39, 0.29) is 11.0 Å². The average molecular weight is 290 g/mol. The highest BCUT2D eigenvalue weighted by molar-refractivity contribution is 7.92. The molecule has 0 aromatic rings. The third kappa shape index (κ3) is 2.42. The molecule has 0 bridgehead atoms. The molecule has 2 fully saturated rings. The highest BCUT2D eigenvalue weighted by Gasteiger charge is 2.43. The Morgan fingerprint density at radius 3 is 2.67 bits per heavy atom. The molecule has 1 aliphatic heterocycles. The second-order valence-corrected chi connectivity index (χ2v) is 7.89. The molecule has 0 amide bonds. The molecule has 0 spiro atoms. The van der Waals surface area contributed by atoms with Crippen LogP contribution in [0, 0.1) is 5.92 Å². The summed E-state index contributed by atoms with van der Waals surface area (Å²) in [4.78, 5) is 0.109. The molecule has 1 aliphatic carbocycles. The maximum absolute atomic E-state index is 12.7. The van der Waals surface area contributed by atoms with Gasteiger partial charge < -0.3 is 5.73 Å². The number of sulfonamides is 1. The van der Waals surface area contributed by atoms with Crippen LogP contribution in [0.3, 0.4) is 0 Å². The van der Waals surface area contributed by atoms with Gasteiger partial charge in [-0.1, -0.05) is 25.6 Å². The van der Waals surface area contributed by atoms with Crippen LogP contribution in [0.5, 0.6) is 0 Å². The predicted octanol–water partition coefficient (Wildman–Crippen LogP) is 1.65. The molecule has 1 saturated carbocycles. The third-order valence-corrected chi connectivity index (χ3v) is 7.16. The number of fused-ring (bicyclic) bond motifs is 1. The molecule has 6 heteroatoms. The summed E-state index contributed by atoms with van der Waals surface area (Å²) in [5.74, 6) is 0.553. The fourth-order valence-electron chi connectivity index (χ4n) is 3.45. The summed E-state index contributed by atoms with van der Waals surface area (Å²) in [6.07, 6.45) is 5.91. The fraction of sp³-hybridized carbons (Fsp3) is 0.917. The van der Waals surface area contributed by atoms with Crippen LogP contribution < -0.4 is 5.73 Å². The minimum Gasteiger partial charge on any atom is -0.392 e. The zero-order valence-corrected chi connectivity index (χ0v) is 12.5. The molecule has 0 radical (unpaired) electrons. The van der Waals surface area contributed by atoms with Crippen LogP contribution in [0.1, 0.15) is 45.4 Å². The van der Waals surface area contributed by atoms with Crippen molar-refractivity contribution in [2.75, 3.05) is 6.54 Å². The van der Waals surface area contributed by atoms with Gasteiger partial charge in [0.25, 0.3) is 0 Å². The van der Waals surface area contributed by atoms with Crippen molar-refractivity contribution in [1.29, 1.82) is 0 Å². The van der Waals surface area contributed by atoms with Gasteiger partial charge in [-0.25, -0.2) is 8.42 Å². The smallest absolute Gasteiger partial charge is 0.223 e. The van der Waals surface area contributed by atoms with Gasteiger partial charge in [-0.15, -0.1) is 0 Å². The van der Waals surface area contributed by atoms with E-state index >= 15 is 0 Å². The van der Waals surface area contributed by atoms with Crippen molar-refractivity contribution in [2.24, 2.45) is 11.7 Å². The summed E-state index contributed by atoms with van der Waals surface area (Å²) < 4.78 is 27.0. The molecule has 3 unspecified atom stereocenters.